The van der Waals surface area contributed by atoms with E-state index >= 15 is 0 Å². The van der Waals surface area contributed by atoms with Gasteiger partial charge in [-0.15, -0.1) is 0 Å². The molecule has 0 aromatic heterocycles. The third kappa shape index (κ3) is 4.80. The molecule has 0 radical (unpaired) electrons. The van der Waals surface area contributed by atoms with Gasteiger partial charge in [-0.05, 0) is 54.2 Å². The van der Waals surface area contributed by atoms with Gasteiger partial charge in [0, 0.05) is 37.1 Å². The quantitative estimate of drug-likeness (QED) is 0.414. The fourth-order valence-electron chi connectivity index (χ4n) is 3.35. The number of Topliss-reactive ketones (excluding diaryl/α,β-unsaturated/α-hetero) is 1. The Morgan fingerprint density at radius 3 is 2.50 bits per heavy atom. The first-order chi connectivity index (χ1) is 13.4. The Morgan fingerprint density at radius 2 is 1.79 bits per heavy atom. The van der Waals surface area contributed by atoms with Crippen molar-refractivity contribution in [2.24, 2.45) is 0 Å². The first-order valence-corrected chi connectivity index (χ1v) is 9.28. The van der Waals surface area contributed by atoms with E-state index in [2.05, 4.69) is 5.32 Å². The lowest BCUT2D eigenvalue weighted by Crippen LogP contribution is -2.28. The van der Waals surface area contributed by atoms with Gasteiger partial charge in [0.1, 0.15) is 0 Å². The minimum absolute atomic E-state index is 0.0241. The Bertz CT molecular complexity index is 892. The highest BCUT2D eigenvalue weighted by Crippen LogP contribution is 2.23. The first-order valence-electron chi connectivity index (χ1n) is 9.28. The van der Waals surface area contributed by atoms with Gasteiger partial charge >= 0.3 is 0 Å². The standard InChI is InChI=1S/C21H22N2O5/c24-19(17-5-4-14-2-1-3-16(14)12-17)10-11-21(26)22-13-20(25)15-6-8-18(9-7-15)23(27)28/h4-9,12,20,25H,1-3,10-11,13H2,(H,22,26). The fourth-order valence-corrected chi connectivity index (χ4v) is 3.35. The van der Waals surface area contributed by atoms with Crippen molar-refractivity contribution in [1.82, 2.24) is 5.32 Å². The lowest BCUT2D eigenvalue weighted by Gasteiger charge is -2.12. The van der Waals surface area contributed by atoms with Gasteiger partial charge in [-0.3, -0.25) is 19.7 Å². The summed E-state index contributed by atoms with van der Waals surface area (Å²) in [6, 6.07) is 11.3. The Balaban J connectivity index is 1.45. The molecule has 0 spiro atoms. The Labute approximate surface area is 162 Å². The largest absolute Gasteiger partial charge is 0.387 e. The third-order valence-corrected chi connectivity index (χ3v) is 4.98. The lowest BCUT2D eigenvalue weighted by atomic mass is 10.0. The van der Waals surface area contributed by atoms with Crippen molar-refractivity contribution in [3.8, 4) is 0 Å². The van der Waals surface area contributed by atoms with Crippen LogP contribution in [0, 0.1) is 10.1 Å². The number of aliphatic hydroxyl groups excluding tert-OH is 1. The Kier molecular flexibility index (Phi) is 6.16. The van der Waals surface area contributed by atoms with Gasteiger partial charge in [-0.25, -0.2) is 0 Å². The second-order valence-electron chi connectivity index (χ2n) is 6.93. The van der Waals surface area contributed by atoms with Crippen LogP contribution in [0.2, 0.25) is 0 Å². The van der Waals surface area contributed by atoms with Crippen LogP contribution in [0.1, 0.15) is 52.4 Å². The number of ketones is 1. The predicted molar refractivity (Wildman–Crippen MR) is 103 cm³/mol. The van der Waals surface area contributed by atoms with E-state index in [1.807, 2.05) is 18.2 Å². The van der Waals surface area contributed by atoms with E-state index in [0.717, 1.165) is 19.3 Å². The number of nitro groups is 1. The highest BCUT2D eigenvalue weighted by Gasteiger charge is 2.16. The molecule has 1 unspecified atom stereocenters. The van der Waals surface area contributed by atoms with Gasteiger partial charge in [-0.2, -0.15) is 0 Å². The molecule has 0 saturated heterocycles. The van der Waals surface area contributed by atoms with Crippen LogP contribution in [-0.4, -0.2) is 28.3 Å². The number of nitro benzene ring substituents is 1. The van der Waals surface area contributed by atoms with Crippen LogP contribution in [0.25, 0.3) is 0 Å². The average Bonchev–Trinajstić information content (AvgIpc) is 3.18. The summed E-state index contributed by atoms with van der Waals surface area (Å²) in [7, 11) is 0. The molecule has 28 heavy (non-hydrogen) atoms. The molecule has 2 aromatic carbocycles. The van der Waals surface area contributed by atoms with Crippen LogP contribution in [0.3, 0.4) is 0 Å². The van der Waals surface area contributed by atoms with E-state index in [9.17, 15) is 24.8 Å². The normalized spacial score (nSPS) is 13.6. The fraction of sp³-hybridized carbons (Fsp3) is 0.333. The molecule has 3 rings (SSSR count). The van der Waals surface area contributed by atoms with Gasteiger partial charge in [0.25, 0.3) is 5.69 Å². The minimum Gasteiger partial charge on any atom is -0.387 e. The second kappa shape index (κ2) is 8.75. The van der Waals surface area contributed by atoms with Crippen molar-refractivity contribution in [2.45, 2.75) is 38.2 Å². The first kappa shape index (κ1) is 19.7. The van der Waals surface area contributed by atoms with E-state index in [1.54, 1.807) is 0 Å². The van der Waals surface area contributed by atoms with Crippen molar-refractivity contribution in [3.63, 3.8) is 0 Å². The second-order valence-corrected chi connectivity index (χ2v) is 6.93. The maximum Gasteiger partial charge on any atom is 0.269 e. The lowest BCUT2D eigenvalue weighted by molar-refractivity contribution is -0.384. The number of carbonyl (C=O) groups excluding carboxylic acids is 2. The third-order valence-electron chi connectivity index (χ3n) is 4.98. The average molecular weight is 382 g/mol. The molecule has 1 aliphatic carbocycles. The van der Waals surface area contributed by atoms with Crippen LogP contribution in [0.4, 0.5) is 5.69 Å². The molecule has 0 saturated carbocycles. The molecule has 1 atom stereocenters. The number of amides is 1. The topological polar surface area (TPSA) is 110 Å². The summed E-state index contributed by atoms with van der Waals surface area (Å²) < 4.78 is 0. The van der Waals surface area contributed by atoms with Gasteiger partial charge in [0.15, 0.2) is 5.78 Å². The molecular weight excluding hydrogens is 360 g/mol. The van der Waals surface area contributed by atoms with E-state index in [-0.39, 0.29) is 36.8 Å². The van der Waals surface area contributed by atoms with Crippen molar-refractivity contribution in [2.75, 3.05) is 6.54 Å². The molecule has 7 heteroatoms. The van der Waals surface area contributed by atoms with Gasteiger partial charge < -0.3 is 10.4 Å². The number of hydrogen-bond donors (Lipinski definition) is 2. The summed E-state index contributed by atoms with van der Waals surface area (Å²) >= 11 is 0. The van der Waals surface area contributed by atoms with E-state index in [4.69, 9.17) is 0 Å². The number of fused-ring (bicyclic) bond motifs is 1. The van der Waals surface area contributed by atoms with Crippen LogP contribution < -0.4 is 5.32 Å². The zero-order valence-electron chi connectivity index (χ0n) is 15.4. The number of benzene rings is 2. The number of carbonyl (C=O) groups is 2. The molecule has 0 aliphatic heterocycles. The molecule has 1 amide bonds. The minimum atomic E-state index is -0.975. The summed E-state index contributed by atoms with van der Waals surface area (Å²) in [5, 5.41) is 23.3. The summed E-state index contributed by atoms with van der Waals surface area (Å²) in [5.74, 6) is -0.392. The Hall–Kier alpha value is -3.06. The van der Waals surface area contributed by atoms with Crippen LogP contribution in [0.5, 0.6) is 0 Å². The van der Waals surface area contributed by atoms with E-state index in [0.29, 0.717) is 11.1 Å². The molecular formula is C21H22N2O5. The molecule has 1 aliphatic rings. The van der Waals surface area contributed by atoms with Crippen molar-refractivity contribution in [1.29, 1.82) is 0 Å². The van der Waals surface area contributed by atoms with Crippen LogP contribution in [0.15, 0.2) is 42.5 Å². The van der Waals surface area contributed by atoms with Gasteiger partial charge in [0.05, 0.1) is 11.0 Å². The molecule has 2 aromatic rings. The number of nitrogens with one attached hydrogen (secondary N) is 1. The molecule has 0 fully saturated rings. The molecule has 0 heterocycles. The number of aryl methyl sites for hydroxylation is 2. The summed E-state index contributed by atoms with van der Waals surface area (Å²) in [6.45, 7) is -0.0241. The summed E-state index contributed by atoms with van der Waals surface area (Å²) in [5.41, 5.74) is 3.57. The Morgan fingerprint density at radius 1 is 1.07 bits per heavy atom. The predicted octanol–water partition coefficient (Wildman–Crippen LogP) is 2.90. The smallest absolute Gasteiger partial charge is 0.269 e. The molecule has 7 nitrogen and oxygen atoms in total. The summed E-state index contributed by atoms with van der Waals surface area (Å²) in [6.07, 6.45) is 2.35. The van der Waals surface area contributed by atoms with Crippen LogP contribution in [-0.2, 0) is 17.6 Å². The molecule has 2 N–H and O–H groups in total. The number of nitrogens with zero attached hydrogens (tertiary/aromatic N) is 1. The highest BCUT2D eigenvalue weighted by atomic mass is 16.6. The van der Waals surface area contributed by atoms with E-state index in [1.165, 1.54) is 35.4 Å². The number of hydrogen-bond acceptors (Lipinski definition) is 5. The number of non-ortho nitro benzene ring substituents is 1. The molecule has 0 bridgehead atoms. The number of rotatable bonds is 8. The van der Waals surface area contributed by atoms with Crippen LogP contribution >= 0.6 is 0 Å². The van der Waals surface area contributed by atoms with Gasteiger partial charge in [0.2, 0.25) is 5.91 Å². The SMILES string of the molecule is O=C(CCC(=O)c1ccc2c(c1)CCC2)NCC(O)c1ccc([N+](=O)[O-])cc1. The zero-order chi connectivity index (χ0) is 20.1. The maximum absolute atomic E-state index is 12.3. The van der Waals surface area contributed by atoms with Crippen molar-refractivity contribution in [3.05, 3.63) is 74.8 Å². The summed E-state index contributed by atoms with van der Waals surface area (Å²) in [4.78, 5) is 34.4. The molecule has 146 valence electrons. The maximum atomic E-state index is 12.3. The van der Waals surface area contributed by atoms with Crippen molar-refractivity contribution >= 4 is 17.4 Å². The van der Waals surface area contributed by atoms with Gasteiger partial charge in [-0.1, -0.05) is 12.1 Å². The monoisotopic (exact) mass is 382 g/mol. The van der Waals surface area contributed by atoms with Crippen molar-refractivity contribution < 1.29 is 19.6 Å². The highest BCUT2D eigenvalue weighted by molar-refractivity contribution is 5.98. The van der Waals surface area contributed by atoms with E-state index < -0.39 is 11.0 Å². The zero-order valence-corrected chi connectivity index (χ0v) is 15.4. The number of aliphatic hydroxyl groups is 1.